The number of hydrogen-bond donors (Lipinski definition) is 1. The molecule has 1 atom stereocenters. The second-order valence-corrected chi connectivity index (χ2v) is 6.59. The highest BCUT2D eigenvalue weighted by Gasteiger charge is 2.17. The molecule has 6 heteroatoms. The van der Waals surface area contributed by atoms with Gasteiger partial charge in [0.1, 0.15) is 11.6 Å². The van der Waals surface area contributed by atoms with Gasteiger partial charge >= 0.3 is 0 Å². The van der Waals surface area contributed by atoms with Crippen molar-refractivity contribution in [1.29, 1.82) is 0 Å². The van der Waals surface area contributed by atoms with Crippen LogP contribution >= 0.6 is 11.8 Å². The third kappa shape index (κ3) is 4.04. The highest BCUT2D eigenvalue weighted by molar-refractivity contribution is 8.00. The zero-order valence-electron chi connectivity index (χ0n) is 13.2. The van der Waals surface area contributed by atoms with Crippen molar-refractivity contribution in [3.63, 3.8) is 0 Å². The van der Waals surface area contributed by atoms with Gasteiger partial charge in [-0.15, -0.1) is 11.8 Å². The van der Waals surface area contributed by atoms with Crippen molar-refractivity contribution in [3.8, 4) is 5.75 Å². The Balaban J connectivity index is 1.98. The number of methoxy groups -OCH3 is 1. The monoisotopic (exact) mass is 319 g/mol. The third-order valence-electron chi connectivity index (χ3n) is 3.15. The molecule has 1 amide bonds. The van der Waals surface area contributed by atoms with Crippen LogP contribution in [0.15, 0.2) is 41.4 Å². The van der Waals surface area contributed by atoms with Gasteiger partial charge in [0.2, 0.25) is 5.91 Å². The molecule has 0 bridgehead atoms. The maximum atomic E-state index is 12.3. The van der Waals surface area contributed by atoms with E-state index in [4.69, 9.17) is 4.74 Å². The molecule has 1 heterocycles. The molecule has 5 nitrogen and oxygen atoms in total. The molecule has 1 aromatic carbocycles. The largest absolute Gasteiger partial charge is 0.497 e. The summed E-state index contributed by atoms with van der Waals surface area (Å²) in [6, 6.07) is 9.69. The summed E-state index contributed by atoms with van der Waals surface area (Å²) in [5.41, 5.74) is 0. The summed E-state index contributed by atoms with van der Waals surface area (Å²) >= 11 is 1.51. The van der Waals surface area contributed by atoms with Crippen LogP contribution in [0, 0.1) is 0 Å². The Hall–Kier alpha value is -1.95. The smallest absolute Gasteiger partial charge is 0.238 e. The molecule has 1 aromatic heterocycles. The van der Waals surface area contributed by atoms with Gasteiger partial charge in [-0.3, -0.25) is 4.79 Å². The average Bonchev–Trinajstić information content (AvgIpc) is 2.96. The molecule has 0 saturated carbocycles. The predicted octanol–water partition coefficient (Wildman–Crippen LogP) is 3.59. The van der Waals surface area contributed by atoms with Gasteiger partial charge in [0.25, 0.3) is 0 Å². The van der Waals surface area contributed by atoms with Gasteiger partial charge in [-0.2, -0.15) is 5.10 Å². The van der Waals surface area contributed by atoms with E-state index in [0.29, 0.717) is 0 Å². The SMILES string of the molecule is COc1ccc(SC(C)C(=O)Nc2ccnn2C(C)C)cc1. The van der Waals surface area contributed by atoms with E-state index in [1.165, 1.54) is 11.8 Å². The number of carbonyl (C=O) groups is 1. The molecular formula is C16H21N3O2S. The van der Waals surface area contributed by atoms with E-state index in [1.807, 2.05) is 51.1 Å². The molecule has 0 aliphatic rings. The van der Waals surface area contributed by atoms with E-state index >= 15 is 0 Å². The lowest BCUT2D eigenvalue weighted by atomic mass is 10.3. The van der Waals surface area contributed by atoms with Crippen LogP contribution in [0.4, 0.5) is 5.82 Å². The molecule has 1 unspecified atom stereocenters. The summed E-state index contributed by atoms with van der Waals surface area (Å²) in [6.07, 6.45) is 1.69. The number of nitrogens with one attached hydrogen (secondary N) is 1. The van der Waals surface area contributed by atoms with Crippen molar-refractivity contribution >= 4 is 23.5 Å². The molecule has 22 heavy (non-hydrogen) atoms. The second-order valence-electron chi connectivity index (χ2n) is 5.18. The first-order valence-electron chi connectivity index (χ1n) is 7.16. The first-order valence-corrected chi connectivity index (χ1v) is 8.04. The van der Waals surface area contributed by atoms with Crippen molar-refractivity contribution in [3.05, 3.63) is 36.5 Å². The Bertz CT molecular complexity index is 623. The number of amides is 1. The van der Waals surface area contributed by atoms with Crippen LogP contribution in [-0.2, 0) is 4.79 Å². The number of thioether (sulfide) groups is 1. The molecule has 0 spiro atoms. The van der Waals surface area contributed by atoms with Crippen LogP contribution < -0.4 is 10.1 Å². The van der Waals surface area contributed by atoms with Crippen molar-refractivity contribution in [2.45, 2.75) is 37.0 Å². The number of rotatable bonds is 6. The van der Waals surface area contributed by atoms with Crippen molar-refractivity contribution in [1.82, 2.24) is 9.78 Å². The van der Waals surface area contributed by atoms with Crippen LogP contribution in [0.5, 0.6) is 5.75 Å². The number of hydrogen-bond acceptors (Lipinski definition) is 4. The molecular weight excluding hydrogens is 298 g/mol. The van der Waals surface area contributed by atoms with Crippen LogP contribution in [-0.4, -0.2) is 28.0 Å². The Morgan fingerprint density at radius 2 is 1.91 bits per heavy atom. The van der Waals surface area contributed by atoms with Gasteiger partial charge in [0, 0.05) is 17.0 Å². The molecule has 0 aliphatic heterocycles. The Kier molecular flexibility index (Phi) is 5.49. The Labute approximate surface area is 135 Å². The summed E-state index contributed by atoms with van der Waals surface area (Å²) in [5.74, 6) is 1.49. The minimum absolute atomic E-state index is 0.0387. The summed E-state index contributed by atoms with van der Waals surface area (Å²) in [5, 5.41) is 6.94. The van der Waals surface area contributed by atoms with Crippen LogP contribution in [0.25, 0.3) is 0 Å². The number of benzene rings is 1. The Morgan fingerprint density at radius 1 is 1.23 bits per heavy atom. The summed E-state index contributed by atoms with van der Waals surface area (Å²) in [7, 11) is 1.64. The van der Waals surface area contributed by atoms with E-state index < -0.39 is 0 Å². The second kappa shape index (κ2) is 7.35. The van der Waals surface area contributed by atoms with E-state index in [2.05, 4.69) is 10.4 Å². The van der Waals surface area contributed by atoms with E-state index in [9.17, 15) is 4.79 Å². The van der Waals surface area contributed by atoms with Crippen molar-refractivity contribution in [2.24, 2.45) is 0 Å². The van der Waals surface area contributed by atoms with Gasteiger partial charge in [-0.1, -0.05) is 0 Å². The first-order chi connectivity index (χ1) is 10.5. The van der Waals surface area contributed by atoms with Gasteiger partial charge in [0.05, 0.1) is 18.6 Å². The summed E-state index contributed by atoms with van der Waals surface area (Å²) in [4.78, 5) is 13.3. The number of ether oxygens (including phenoxy) is 1. The van der Waals surface area contributed by atoms with Gasteiger partial charge in [-0.25, -0.2) is 4.68 Å². The number of anilines is 1. The molecule has 2 rings (SSSR count). The van der Waals surface area contributed by atoms with Gasteiger partial charge < -0.3 is 10.1 Å². The lowest BCUT2D eigenvalue weighted by molar-refractivity contribution is -0.115. The fraction of sp³-hybridized carbons (Fsp3) is 0.375. The highest BCUT2D eigenvalue weighted by Crippen LogP contribution is 2.26. The molecule has 0 aliphatic carbocycles. The van der Waals surface area contributed by atoms with E-state index in [-0.39, 0.29) is 17.2 Å². The van der Waals surface area contributed by atoms with Gasteiger partial charge in [-0.05, 0) is 45.0 Å². The highest BCUT2D eigenvalue weighted by atomic mass is 32.2. The Morgan fingerprint density at radius 3 is 2.50 bits per heavy atom. The normalized spacial score (nSPS) is 12.2. The third-order valence-corrected chi connectivity index (χ3v) is 4.26. The van der Waals surface area contributed by atoms with E-state index in [1.54, 1.807) is 18.0 Å². The zero-order chi connectivity index (χ0) is 16.1. The number of aromatic nitrogens is 2. The fourth-order valence-electron chi connectivity index (χ4n) is 1.96. The first kappa shape index (κ1) is 16.4. The average molecular weight is 319 g/mol. The molecule has 0 saturated heterocycles. The van der Waals surface area contributed by atoms with Crippen LogP contribution in [0.1, 0.15) is 26.8 Å². The predicted molar refractivity (Wildman–Crippen MR) is 89.6 cm³/mol. The van der Waals surface area contributed by atoms with Crippen LogP contribution in [0.3, 0.4) is 0 Å². The minimum atomic E-state index is -0.205. The lowest BCUT2D eigenvalue weighted by Crippen LogP contribution is -2.24. The summed E-state index contributed by atoms with van der Waals surface area (Å²) in [6.45, 7) is 5.94. The molecule has 0 fully saturated rings. The maximum Gasteiger partial charge on any atom is 0.238 e. The fourth-order valence-corrected chi connectivity index (χ4v) is 2.83. The quantitative estimate of drug-likeness (QED) is 0.827. The standard InChI is InChI=1S/C16H21N3O2S/c1-11(2)19-15(9-10-17-19)18-16(20)12(3)22-14-7-5-13(21-4)6-8-14/h5-12H,1-4H3,(H,18,20). The number of carbonyl (C=O) groups excluding carboxylic acids is 1. The minimum Gasteiger partial charge on any atom is -0.497 e. The molecule has 1 N–H and O–H groups in total. The zero-order valence-corrected chi connectivity index (χ0v) is 14.1. The van der Waals surface area contributed by atoms with Crippen LogP contribution in [0.2, 0.25) is 0 Å². The summed E-state index contributed by atoms with van der Waals surface area (Å²) < 4.78 is 6.92. The maximum absolute atomic E-state index is 12.3. The van der Waals surface area contributed by atoms with Crippen molar-refractivity contribution in [2.75, 3.05) is 12.4 Å². The van der Waals surface area contributed by atoms with Crippen molar-refractivity contribution < 1.29 is 9.53 Å². The molecule has 0 radical (unpaired) electrons. The lowest BCUT2D eigenvalue weighted by Gasteiger charge is -2.15. The molecule has 2 aromatic rings. The topological polar surface area (TPSA) is 56.1 Å². The number of nitrogens with zero attached hydrogens (tertiary/aromatic N) is 2. The van der Waals surface area contributed by atoms with Gasteiger partial charge in [0.15, 0.2) is 0 Å². The van der Waals surface area contributed by atoms with E-state index in [0.717, 1.165) is 16.5 Å². The molecule has 118 valence electrons.